The Bertz CT molecular complexity index is 524. The lowest BCUT2D eigenvalue weighted by atomic mass is 10.0. The molecular weight excluding hydrogens is 262 g/mol. The summed E-state index contributed by atoms with van der Waals surface area (Å²) in [6.45, 7) is 2.78. The van der Waals surface area contributed by atoms with Gasteiger partial charge in [0.1, 0.15) is 11.5 Å². The van der Waals surface area contributed by atoms with E-state index in [4.69, 9.17) is 0 Å². The first-order valence-corrected chi connectivity index (χ1v) is 6.25. The maximum Gasteiger partial charge on any atom is 0.413 e. The SMILES string of the molecule is CCN1C(NC(=O)OC)=NCC1c1c(O)cccc1O. The molecule has 1 aromatic rings. The lowest BCUT2D eigenvalue weighted by Crippen LogP contribution is -2.42. The molecular formula is C13H17N3O4. The van der Waals surface area contributed by atoms with Crippen molar-refractivity contribution in [1.29, 1.82) is 0 Å². The zero-order valence-corrected chi connectivity index (χ0v) is 11.3. The van der Waals surface area contributed by atoms with E-state index in [2.05, 4.69) is 15.0 Å². The Labute approximate surface area is 116 Å². The number of aromatic hydroxyl groups is 2. The predicted octanol–water partition coefficient (Wildman–Crippen LogP) is 1.19. The van der Waals surface area contributed by atoms with E-state index in [9.17, 15) is 15.0 Å². The summed E-state index contributed by atoms with van der Waals surface area (Å²) >= 11 is 0. The molecule has 0 saturated carbocycles. The molecule has 20 heavy (non-hydrogen) atoms. The molecule has 0 fully saturated rings. The molecule has 0 radical (unpaired) electrons. The van der Waals surface area contributed by atoms with Gasteiger partial charge in [0, 0.05) is 6.54 Å². The van der Waals surface area contributed by atoms with Crippen molar-refractivity contribution in [3.63, 3.8) is 0 Å². The summed E-state index contributed by atoms with van der Waals surface area (Å²) in [6.07, 6.45) is -0.607. The lowest BCUT2D eigenvalue weighted by Gasteiger charge is -2.27. The number of guanidine groups is 1. The molecule has 1 heterocycles. The highest BCUT2D eigenvalue weighted by Gasteiger charge is 2.32. The van der Waals surface area contributed by atoms with Crippen LogP contribution in [0.1, 0.15) is 18.5 Å². The molecule has 108 valence electrons. The summed E-state index contributed by atoms with van der Waals surface area (Å²) in [5.41, 5.74) is 0.403. The third-order valence-electron chi connectivity index (χ3n) is 3.20. The molecule has 3 N–H and O–H groups in total. The topological polar surface area (TPSA) is 94.4 Å². The van der Waals surface area contributed by atoms with Crippen molar-refractivity contribution < 1.29 is 19.7 Å². The average Bonchev–Trinajstić information content (AvgIpc) is 2.81. The van der Waals surface area contributed by atoms with Crippen LogP contribution in [-0.4, -0.2) is 47.4 Å². The second-order valence-corrected chi connectivity index (χ2v) is 4.29. The van der Waals surface area contributed by atoms with E-state index < -0.39 is 6.09 Å². The first-order valence-electron chi connectivity index (χ1n) is 6.25. The third-order valence-corrected chi connectivity index (χ3v) is 3.20. The van der Waals surface area contributed by atoms with Gasteiger partial charge in [-0.15, -0.1) is 0 Å². The van der Waals surface area contributed by atoms with Crippen molar-refractivity contribution in [2.75, 3.05) is 20.2 Å². The Kier molecular flexibility index (Phi) is 3.97. The van der Waals surface area contributed by atoms with Crippen molar-refractivity contribution in [3.05, 3.63) is 23.8 Å². The minimum atomic E-state index is -0.607. The van der Waals surface area contributed by atoms with Crippen molar-refractivity contribution in [3.8, 4) is 11.5 Å². The molecule has 0 aromatic heterocycles. The van der Waals surface area contributed by atoms with Gasteiger partial charge in [-0.05, 0) is 19.1 Å². The summed E-state index contributed by atoms with van der Waals surface area (Å²) in [5, 5.41) is 22.4. The molecule has 0 bridgehead atoms. The largest absolute Gasteiger partial charge is 0.507 e. The van der Waals surface area contributed by atoms with Crippen molar-refractivity contribution in [2.45, 2.75) is 13.0 Å². The molecule has 1 aliphatic heterocycles. The van der Waals surface area contributed by atoms with Crippen LogP contribution in [0.5, 0.6) is 11.5 Å². The third kappa shape index (κ3) is 2.47. The highest BCUT2D eigenvalue weighted by molar-refractivity contribution is 5.95. The number of ether oxygens (including phenoxy) is 1. The quantitative estimate of drug-likeness (QED) is 0.756. The Morgan fingerprint density at radius 3 is 2.70 bits per heavy atom. The molecule has 1 atom stereocenters. The van der Waals surface area contributed by atoms with Gasteiger partial charge in [0.05, 0.1) is 25.3 Å². The molecule has 2 rings (SSSR count). The van der Waals surface area contributed by atoms with E-state index >= 15 is 0 Å². The second-order valence-electron chi connectivity index (χ2n) is 4.29. The van der Waals surface area contributed by atoms with Crippen LogP contribution >= 0.6 is 0 Å². The van der Waals surface area contributed by atoms with Gasteiger partial charge < -0.3 is 19.8 Å². The number of aliphatic imine (C=N–C) groups is 1. The fourth-order valence-electron chi connectivity index (χ4n) is 2.26. The fourth-order valence-corrected chi connectivity index (χ4v) is 2.26. The van der Waals surface area contributed by atoms with E-state index in [1.54, 1.807) is 11.0 Å². The number of phenols is 2. The number of likely N-dealkylation sites (N-methyl/N-ethyl adjacent to an activating group) is 1. The fraction of sp³-hybridized carbons (Fsp3) is 0.385. The number of phenolic OH excluding ortho intramolecular Hbond substituents is 2. The number of hydrogen-bond acceptors (Lipinski definition) is 6. The number of methoxy groups -OCH3 is 1. The smallest absolute Gasteiger partial charge is 0.413 e. The molecule has 1 aromatic carbocycles. The monoisotopic (exact) mass is 279 g/mol. The number of benzene rings is 1. The van der Waals surface area contributed by atoms with Crippen molar-refractivity contribution >= 4 is 12.1 Å². The van der Waals surface area contributed by atoms with Gasteiger partial charge in [0.25, 0.3) is 0 Å². The van der Waals surface area contributed by atoms with E-state index in [1.807, 2.05) is 6.92 Å². The predicted molar refractivity (Wildman–Crippen MR) is 72.7 cm³/mol. The summed E-state index contributed by atoms with van der Waals surface area (Å²) in [5.74, 6) is 0.373. The van der Waals surface area contributed by atoms with Gasteiger partial charge >= 0.3 is 6.09 Å². The average molecular weight is 279 g/mol. The van der Waals surface area contributed by atoms with Crippen LogP contribution < -0.4 is 5.32 Å². The van der Waals surface area contributed by atoms with Gasteiger partial charge in [-0.1, -0.05) is 6.07 Å². The van der Waals surface area contributed by atoms with Crippen LogP contribution in [0.15, 0.2) is 23.2 Å². The number of carbonyl (C=O) groups is 1. The number of nitrogens with one attached hydrogen (secondary N) is 1. The number of nitrogens with zero attached hydrogens (tertiary/aromatic N) is 2. The minimum absolute atomic E-state index is 0.00275. The summed E-state index contributed by atoms with van der Waals surface area (Å²) in [6, 6.07) is 4.25. The van der Waals surface area contributed by atoms with E-state index in [1.165, 1.54) is 19.2 Å². The van der Waals surface area contributed by atoms with E-state index in [0.29, 0.717) is 24.6 Å². The van der Waals surface area contributed by atoms with Gasteiger partial charge in [-0.2, -0.15) is 0 Å². The number of amides is 1. The summed E-state index contributed by atoms with van der Waals surface area (Å²) in [7, 11) is 1.27. The zero-order valence-electron chi connectivity index (χ0n) is 11.3. The molecule has 1 unspecified atom stereocenters. The van der Waals surface area contributed by atoms with Crippen LogP contribution in [-0.2, 0) is 4.74 Å². The van der Waals surface area contributed by atoms with Crippen LogP contribution in [0.3, 0.4) is 0 Å². The minimum Gasteiger partial charge on any atom is -0.507 e. The maximum atomic E-state index is 11.3. The molecule has 1 amide bonds. The van der Waals surface area contributed by atoms with Gasteiger partial charge in [-0.3, -0.25) is 10.3 Å². The van der Waals surface area contributed by atoms with Crippen molar-refractivity contribution in [2.24, 2.45) is 4.99 Å². The maximum absolute atomic E-state index is 11.3. The normalized spacial score (nSPS) is 17.8. The second kappa shape index (κ2) is 5.68. The van der Waals surface area contributed by atoms with Crippen LogP contribution in [0, 0.1) is 0 Å². The molecule has 0 aliphatic carbocycles. The van der Waals surface area contributed by atoms with Gasteiger partial charge in [0.15, 0.2) is 0 Å². The van der Waals surface area contributed by atoms with Crippen LogP contribution in [0.25, 0.3) is 0 Å². The Morgan fingerprint density at radius 2 is 2.15 bits per heavy atom. The number of carbonyl (C=O) groups excluding carboxylic acids is 1. The van der Waals surface area contributed by atoms with Crippen LogP contribution in [0.4, 0.5) is 4.79 Å². The Balaban J connectivity index is 2.26. The Morgan fingerprint density at radius 1 is 1.50 bits per heavy atom. The zero-order chi connectivity index (χ0) is 14.7. The van der Waals surface area contributed by atoms with Crippen molar-refractivity contribution in [1.82, 2.24) is 10.2 Å². The highest BCUT2D eigenvalue weighted by atomic mass is 16.5. The van der Waals surface area contributed by atoms with E-state index in [0.717, 1.165) is 0 Å². The van der Waals surface area contributed by atoms with Gasteiger partial charge in [-0.25, -0.2) is 4.79 Å². The molecule has 0 spiro atoms. The molecule has 0 saturated heterocycles. The first-order chi connectivity index (χ1) is 9.58. The highest BCUT2D eigenvalue weighted by Crippen LogP contribution is 2.37. The molecule has 7 nitrogen and oxygen atoms in total. The molecule has 7 heteroatoms. The first kappa shape index (κ1) is 14.0. The van der Waals surface area contributed by atoms with Gasteiger partial charge in [0.2, 0.25) is 5.96 Å². The number of rotatable bonds is 2. The lowest BCUT2D eigenvalue weighted by molar-refractivity contribution is 0.175. The Hall–Kier alpha value is -2.44. The standard InChI is InChI=1S/C13H17N3O4/c1-3-16-8(7-14-12(16)15-13(19)20-2)11-9(17)5-4-6-10(11)18/h4-6,8,17-18H,3,7H2,1-2H3,(H,14,15,19). The molecule has 1 aliphatic rings. The van der Waals surface area contributed by atoms with Crippen LogP contribution in [0.2, 0.25) is 0 Å². The summed E-state index contributed by atoms with van der Waals surface area (Å²) < 4.78 is 4.54. The number of hydrogen-bond donors (Lipinski definition) is 3. The summed E-state index contributed by atoms with van der Waals surface area (Å²) in [4.78, 5) is 17.3. The van der Waals surface area contributed by atoms with E-state index in [-0.39, 0.29) is 17.5 Å². The number of alkyl carbamates (subject to hydrolysis) is 1.